The van der Waals surface area contributed by atoms with Crippen molar-refractivity contribution in [3.63, 3.8) is 0 Å². The topological polar surface area (TPSA) is 34.1 Å². The molecule has 0 aromatic heterocycles. The monoisotopic (exact) mass is 240 g/mol. The van der Waals surface area contributed by atoms with Crippen LogP contribution in [0.5, 0.6) is 0 Å². The average Bonchev–Trinajstić information content (AvgIpc) is 2.14. The zero-order valence-electron chi connectivity index (χ0n) is 10.4. The molecule has 0 saturated carbocycles. The van der Waals surface area contributed by atoms with Crippen molar-refractivity contribution in [1.82, 2.24) is 0 Å². The number of rotatable bonds is 3. The summed E-state index contributed by atoms with van der Waals surface area (Å²) in [7, 11) is -3.12. The van der Waals surface area contributed by atoms with Gasteiger partial charge >= 0.3 is 0 Å². The highest BCUT2D eigenvalue weighted by molar-refractivity contribution is 7.91. The fourth-order valence-corrected chi connectivity index (χ4v) is 3.14. The van der Waals surface area contributed by atoms with E-state index in [1.165, 1.54) is 0 Å². The van der Waals surface area contributed by atoms with Crippen LogP contribution < -0.4 is 0 Å². The van der Waals surface area contributed by atoms with Gasteiger partial charge in [0.25, 0.3) is 0 Å². The minimum atomic E-state index is -3.12. The predicted molar refractivity (Wildman–Crippen MR) is 67.3 cm³/mol. The summed E-state index contributed by atoms with van der Waals surface area (Å²) in [5, 5.41) is 0. The second-order valence-electron chi connectivity index (χ2n) is 5.45. The van der Waals surface area contributed by atoms with Gasteiger partial charge in [0, 0.05) is 0 Å². The second-order valence-corrected chi connectivity index (χ2v) is 7.56. The van der Waals surface area contributed by atoms with E-state index in [0.29, 0.717) is 11.3 Å². The van der Waals surface area contributed by atoms with E-state index in [1.54, 1.807) is 18.2 Å². The van der Waals surface area contributed by atoms with E-state index in [9.17, 15) is 8.42 Å². The largest absolute Gasteiger partial charge is 0.224 e. The summed E-state index contributed by atoms with van der Waals surface area (Å²) in [6.45, 7) is 8.07. The molecular formula is C13H20O2S. The lowest BCUT2D eigenvalue weighted by molar-refractivity contribution is 0.397. The van der Waals surface area contributed by atoms with Crippen molar-refractivity contribution in [2.45, 2.75) is 39.0 Å². The lowest BCUT2D eigenvalue weighted by atomic mass is 9.94. The summed E-state index contributed by atoms with van der Waals surface area (Å²) in [5.41, 5.74) is 1.04. The normalized spacial score (nSPS) is 12.8. The van der Waals surface area contributed by atoms with Crippen molar-refractivity contribution in [1.29, 1.82) is 0 Å². The Morgan fingerprint density at radius 2 is 1.81 bits per heavy atom. The van der Waals surface area contributed by atoms with Gasteiger partial charge in [-0.1, -0.05) is 32.9 Å². The molecule has 0 unspecified atom stereocenters. The molecular weight excluding hydrogens is 220 g/mol. The first-order valence-corrected chi connectivity index (χ1v) is 7.15. The van der Waals surface area contributed by atoms with Gasteiger partial charge in [-0.25, -0.2) is 8.42 Å². The van der Waals surface area contributed by atoms with Crippen LogP contribution in [0.1, 0.15) is 32.8 Å². The molecule has 1 rings (SSSR count). The molecule has 0 N–H and O–H groups in total. The molecule has 1 aromatic rings. The van der Waals surface area contributed by atoms with Crippen LogP contribution in [0.4, 0.5) is 0 Å². The third-order valence-electron chi connectivity index (χ3n) is 2.47. The number of benzene rings is 1. The van der Waals surface area contributed by atoms with Crippen LogP contribution in [-0.2, 0) is 9.84 Å². The Kier molecular flexibility index (Phi) is 3.79. The molecule has 0 bridgehead atoms. The van der Waals surface area contributed by atoms with Gasteiger partial charge in [-0.2, -0.15) is 0 Å². The molecule has 0 spiro atoms. The Labute approximate surface area is 98.6 Å². The Morgan fingerprint density at radius 1 is 1.19 bits per heavy atom. The van der Waals surface area contributed by atoms with Crippen LogP contribution in [-0.4, -0.2) is 14.2 Å². The van der Waals surface area contributed by atoms with Crippen LogP contribution in [0, 0.1) is 12.3 Å². The molecule has 0 aliphatic heterocycles. The van der Waals surface area contributed by atoms with E-state index >= 15 is 0 Å². The standard InChI is InChI=1S/C13H20O2S/c1-11-6-5-7-12(10-11)16(14,15)9-8-13(2,3)4/h5-7,10H,8-9H2,1-4H3. The molecule has 0 amide bonds. The summed E-state index contributed by atoms with van der Waals surface area (Å²) < 4.78 is 24.1. The van der Waals surface area contributed by atoms with Crippen molar-refractivity contribution >= 4 is 9.84 Å². The maximum absolute atomic E-state index is 12.0. The fraction of sp³-hybridized carbons (Fsp3) is 0.538. The van der Waals surface area contributed by atoms with Gasteiger partial charge < -0.3 is 0 Å². The van der Waals surface area contributed by atoms with Crippen molar-refractivity contribution in [2.75, 3.05) is 5.75 Å². The predicted octanol–water partition coefficient (Wildman–Crippen LogP) is 3.20. The molecule has 1 aromatic carbocycles. The zero-order valence-corrected chi connectivity index (χ0v) is 11.3. The molecule has 2 nitrogen and oxygen atoms in total. The van der Waals surface area contributed by atoms with E-state index in [2.05, 4.69) is 20.8 Å². The van der Waals surface area contributed by atoms with Crippen LogP contribution in [0.3, 0.4) is 0 Å². The van der Waals surface area contributed by atoms with E-state index in [1.807, 2.05) is 13.0 Å². The minimum absolute atomic E-state index is 0.0525. The van der Waals surface area contributed by atoms with Crippen molar-refractivity contribution in [2.24, 2.45) is 5.41 Å². The van der Waals surface area contributed by atoms with Gasteiger partial charge in [0.1, 0.15) is 0 Å². The van der Waals surface area contributed by atoms with Crippen LogP contribution in [0.2, 0.25) is 0 Å². The van der Waals surface area contributed by atoms with Crippen molar-refractivity contribution < 1.29 is 8.42 Å². The Balaban J connectivity index is 2.87. The Morgan fingerprint density at radius 3 is 2.31 bits per heavy atom. The number of aryl methyl sites for hydroxylation is 1. The number of hydrogen-bond donors (Lipinski definition) is 0. The van der Waals surface area contributed by atoms with Gasteiger partial charge in [-0.3, -0.25) is 0 Å². The maximum atomic E-state index is 12.0. The smallest absolute Gasteiger partial charge is 0.178 e. The summed E-state index contributed by atoms with van der Waals surface area (Å²) in [6.07, 6.45) is 0.684. The van der Waals surface area contributed by atoms with Gasteiger partial charge in [0.2, 0.25) is 0 Å². The lowest BCUT2D eigenvalue weighted by Gasteiger charge is -2.17. The third-order valence-corrected chi connectivity index (χ3v) is 4.18. The fourth-order valence-electron chi connectivity index (χ4n) is 1.37. The summed E-state index contributed by atoms with van der Waals surface area (Å²) in [6, 6.07) is 7.10. The summed E-state index contributed by atoms with van der Waals surface area (Å²) in [4.78, 5) is 0.441. The number of sulfone groups is 1. The summed E-state index contributed by atoms with van der Waals surface area (Å²) >= 11 is 0. The molecule has 0 atom stereocenters. The van der Waals surface area contributed by atoms with Crippen LogP contribution in [0.25, 0.3) is 0 Å². The molecule has 0 aliphatic carbocycles. The Hall–Kier alpha value is -0.830. The molecule has 3 heteroatoms. The highest BCUT2D eigenvalue weighted by atomic mass is 32.2. The molecule has 0 fully saturated rings. The first-order valence-electron chi connectivity index (χ1n) is 5.50. The number of hydrogen-bond acceptors (Lipinski definition) is 2. The first-order chi connectivity index (χ1) is 7.21. The highest BCUT2D eigenvalue weighted by Gasteiger charge is 2.19. The summed E-state index contributed by atoms with van der Waals surface area (Å²) in [5.74, 6) is 0.222. The quantitative estimate of drug-likeness (QED) is 0.813. The van der Waals surface area contributed by atoms with E-state index in [-0.39, 0.29) is 11.2 Å². The second kappa shape index (κ2) is 4.58. The van der Waals surface area contributed by atoms with Crippen LogP contribution >= 0.6 is 0 Å². The maximum Gasteiger partial charge on any atom is 0.178 e. The zero-order chi connectivity index (χ0) is 12.4. The molecule has 0 aliphatic rings. The first kappa shape index (κ1) is 13.2. The Bertz CT molecular complexity index is 453. The van der Waals surface area contributed by atoms with E-state index in [0.717, 1.165) is 5.56 Å². The third kappa shape index (κ3) is 3.97. The highest BCUT2D eigenvalue weighted by Crippen LogP contribution is 2.22. The van der Waals surface area contributed by atoms with Crippen molar-refractivity contribution in [3.05, 3.63) is 29.8 Å². The van der Waals surface area contributed by atoms with Gasteiger partial charge in [0.05, 0.1) is 10.6 Å². The van der Waals surface area contributed by atoms with E-state index < -0.39 is 9.84 Å². The minimum Gasteiger partial charge on any atom is -0.224 e. The SMILES string of the molecule is Cc1cccc(S(=O)(=O)CCC(C)(C)C)c1. The molecule has 16 heavy (non-hydrogen) atoms. The van der Waals surface area contributed by atoms with Crippen LogP contribution in [0.15, 0.2) is 29.2 Å². The van der Waals surface area contributed by atoms with Gasteiger partial charge in [0.15, 0.2) is 9.84 Å². The van der Waals surface area contributed by atoms with Gasteiger partial charge in [-0.05, 0) is 36.5 Å². The molecule has 90 valence electrons. The van der Waals surface area contributed by atoms with E-state index in [4.69, 9.17) is 0 Å². The molecule has 0 radical (unpaired) electrons. The van der Waals surface area contributed by atoms with Gasteiger partial charge in [-0.15, -0.1) is 0 Å². The average molecular weight is 240 g/mol. The molecule has 0 saturated heterocycles. The lowest BCUT2D eigenvalue weighted by Crippen LogP contribution is -2.14. The van der Waals surface area contributed by atoms with Crippen molar-refractivity contribution in [3.8, 4) is 0 Å². The molecule has 0 heterocycles.